The van der Waals surface area contributed by atoms with Crippen LogP contribution in [-0.4, -0.2) is 9.97 Å². The third-order valence-electron chi connectivity index (χ3n) is 12.4. The molecule has 0 aliphatic rings. The van der Waals surface area contributed by atoms with E-state index in [1.54, 1.807) is 22.7 Å². The maximum atomic E-state index is 4.89. The highest BCUT2D eigenvalue weighted by Gasteiger charge is 2.16. The number of nitrogens with zero attached hydrogens (tertiary/aromatic N) is 4. The Hall–Kier alpha value is -8.42. The molecule has 12 aromatic rings. The maximum absolute atomic E-state index is 4.89. The molecule has 0 saturated carbocycles. The third kappa shape index (κ3) is 8.24. The predicted molar refractivity (Wildman–Crippen MR) is 289 cm³/mol. The fourth-order valence-corrected chi connectivity index (χ4v) is 10.8. The van der Waals surface area contributed by atoms with Gasteiger partial charge in [0.2, 0.25) is 0 Å². The Labute approximate surface area is 404 Å². The molecular formula is C62H42N4S2. The van der Waals surface area contributed by atoms with Gasteiger partial charge in [0.05, 0.1) is 20.4 Å². The highest BCUT2D eigenvalue weighted by molar-refractivity contribution is 7.22. The topological polar surface area (TPSA) is 32.3 Å². The first-order chi connectivity index (χ1) is 33.7. The van der Waals surface area contributed by atoms with Gasteiger partial charge in [0.25, 0.3) is 0 Å². The molecule has 2 heterocycles. The summed E-state index contributed by atoms with van der Waals surface area (Å²) in [6.07, 6.45) is 0. The summed E-state index contributed by atoms with van der Waals surface area (Å²) in [4.78, 5) is 14.4. The van der Waals surface area contributed by atoms with Gasteiger partial charge in [-0.2, -0.15) is 0 Å². The van der Waals surface area contributed by atoms with Crippen LogP contribution in [0.15, 0.2) is 255 Å². The zero-order chi connectivity index (χ0) is 45.2. The highest BCUT2D eigenvalue weighted by atomic mass is 32.1. The van der Waals surface area contributed by atoms with Crippen molar-refractivity contribution < 1.29 is 0 Å². The molecule has 322 valence electrons. The molecule has 0 N–H and O–H groups in total. The second kappa shape index (κ2) is 18.1. The quantitative estimate of drug-likeness (QED) is 0.129. The summed E-state index contributed by atoms with van der Waals surface area (Å²) in [7, 11) is 0. The Morgan fingerprint density at radius 3 is 0.750 bits per heavy atom. The number of aromatic nitrogens is 2. The number of fused-ring (bicyclic) bond motifs is 2. The van der Waals surface area contributed by atoms with Crippen LogP contribution in [0.25, 0.3) is 75.0 Å². The Morgan fingerprint density at radius 2 is 0.456 bits per heavy atom. The Balaban J connectivity index is 0.745. The lowest BCUT2D eigenvalue weighted by Gasteiger charge is -2.25. The normalized spacial score (nSPS) is 11.2. The first kappa shape index (κ1) is 41.0. The fourth-order valence-electron chi connectivity index (χ4n) is 8.86. The van der Waals surface area contributed by atoms with E-state index in [2.05, 4.69) is 252 Å². The van der Waals surface area contributed by atoms with E-state index in [9.17, 15) is 0 Å². The van der Waals surface area contributed by atoms with Gasteiger partial charge in [-0.05, 0) is 155 Å². The number of anilines is 6. The molecule has 0 fully saturated rings. The SMILES string of the molecule is c1ccc(N(c2ccc(-c3ccc(-c4ccc(-c5ccc(N(c6ccccc6)c6ccc(-c7nc8ccccc8s7)cc6)cc5)cc4)cc3)cc2)c2ccc(-c3nc4ccccc4s3)cc2)cc1. The highest BCUT2D eigenvalue weighted by Crippen LogP contribution is 2.40. The number of hydrogen-bond acceptors (Lipinski definition) is 6. The first-order valence-corrected chi connectivity index (χ1v) is 24.3. The number of thiazole rings is 2. The minimum absolute atomic E-state index is 1.03. The molecule has 0 aliphatic heterocycles. The van der Waals surface area contributed by atoms with Crippen LogP contribution in [0.5, 0.6) is 0 Å². The molecule has 0 aliphatic carbocycles. The standard InChI is InChI=1S/C62H42N4S2/c1-3-11-51(12-4-1)65(55-39-31-49(32-40-55)61-63-57-15-7-9-17-59(57)67-61)53-35-27-47(28-36-53)45-23-19-43(20-24-45)44-21-25-46(26-22-44)48-29-37-54(38-30-48)66(52-13-5-2-6-14-52)56-41-33-50(34-42-56)62-64-58-16-8-10-18-60(58)68-62/h1-42H. The molecule has 0 radical (unpaired) electrons. The van der Waals surface area contributed by atoms with Crippen LogP contribution in [0.4, 0.5) is 34.1 Å². The van der Waals surface area contributed by atoms with E-state index < -0.39 is 0 Å². The third-order valence-corrected chi connectivity index (χ3v) is 14.6. The van der Waals surface area contributed by atoms with E-state index in [1.165, 1.54) is 42.8 Å². The van der Waals surface area contributed by atoms with Crippen LogP contribution in [-0.2, 0) is 0 Å². The molecule has 0 amide bonds. The Bertz CT molecular complexity index is 3310. The van der Waals surface area contributed by atoms with Crippen molar-refractivity contribution in [3.63, 3.8) is 0 Å². The van der Waals surface area contributed by atoms with Crippen molar-refractivity contribution in [1.29, 1.82) is 0 Å². The largest absolute Gasteiger partial charge is 0.311 e. The molecule has 0 unspecified atom stereocenters. The van der Waals surface area contributed by atoms with Crippen LogP contribution < -0.4 is 9.80 Å². The van der Waals surface area contributed by atoms with Crippen LogP contribution in [0, 0.1) is 0 Å². The Kier molecular flexibility index (Phi) is 10.9. The average molecular weight is 907 g/mol. The molecule has 2 aromatic heterocycles. The van der Waals surface area contributed by atoms with Gasteiger partial charge in [-0.15, -0.1) is 22.7 Å². The lowest BCUT2D eigenvalue weighted by Crippen LogP contribution is -2.09. The molecule has 0 saturated heterocycles. The van der Waals surface area contributed by atoms with Gasteiger partial charge in [0, 0.05) is 45.3 Å². The number of benzene rings is 10. The summed E-state index contributed by atoms with van der Waals surface area (Å²) >= 11 is 3.46. The smallest absolute Gasteiger partial charge is 0.124 e. The fraction of sp³-hybridized carbons (Fsp3) is 0. The van der Waals surface area contributed by atoms with Gasteiger partial charge < -0.3 is 9.80 Å². The lowest BCUT2D eigenvalue weighted by atomic mass is 9.98. The van der Waals surface area contributed by atoms with Crippen molar-refractivity contribution in [2.45, 2.75) is 0 Å². The number of para-hydroxylation sites is 4. The summed E-state index contributed by atoms with van der Waals surface area (Å²) in [6.45, 7) is 0. The van der Waals surface area contributed by atoms with E-state index in [-0.39, 0.29) is 0 Å². The van der Waals surface area contributed by atoms with Gasteiger partial charge in [0.15, 0.2) is 0 Å². The molecule has 10 aromatic carbocycles. The van der Waals surface area contributed by atoms with E-state index in [0.29, 0.717) is 0 Å². The van der Waals surface area contributed by atoms with E-state index in [1.807, 2.05) is 12.1 Å². The Morgan fingerprint density at radius 1 is 0.221 bits per heavy atom. The zero-order valence-electron chi connectivity index (χ0n) is 36.9. The second-order valence-corrected chi connectivity index (χ2v) is 18.7. The molecule has 68 heavy (non-hydrogen) atoms. The lowest BCUT2D eigenvalue weighted by molar-refractivity contribution is 1.28. The summed E-state index contributed by atoms with van der Waals surface area (Å²) in [5.41, 5.74) is 18.0. The summed E-state index contributed by atoms with van der Waals surface area (Å²) in [6, 6.07) is 90.7. The van der Waals surface area contributed by atoms with Crippen molar-refractivity contribution in [1.82, 2.24) is 9.97 Å². The van der Waals surface area contributed by atoms with Gasteiger partial charge in [0.1, 0.15) is 10.0 Å². The van der Waals surface area contributed by atoms with E-state index in [4.69, 9.17) is 9.97 Å². The van der Waals surface area contributed by atoms with Crippen molar-refractivity contribution in [3.8, 4) is 54.5 Å². The number of hydrogen-bond donors (Lipinski definition) is 0. The molecule has 0 spiro atoms. The summed E-state index contributed by atoms with van der Waals surface area (Å²) < 4.78 is 2.40. The van der Waals surface area contributed by atoms with Crippen LogP contribution >= 0.6 is 22.7 Å². The van der Waals surface area contributed by atoms with Gasteiger partial charge >= 0.3 is 0 Å². The molecule has 6 heteroatoms. The first-order valence-electron chi connectivity index (χ1n) is 22.7. The van der Waals surface area contributed by atoms with Crippen LogP contribution in [0.3, 0.4) is 0 Å². The molecule has 12 rings (SSSR count). The van der Waals surface area contributed by atoms with Gasteiger partial charge in [-0.25, -0.2) is 9.97 Å². The number of rotatable bonds is 11. The van der Waals surface area contributed by atoms with Crippen molar-refractivity contribution in [3.05, 3.63) is 255 Å². The van der Waals surface area contributed by atoms with Gasteiger partial charge in [-0.3, -0.25) is 0 Å². The van der Waals surface area contributed by atoms with E-state index >= 15 is 0 Å². The van der Waals surface area contributed by atoms with Crippen molar-refractivity contribution in [2.24, 2.45) is 0 Å². The van der Waals surface area contributed by atoms with Gasteiger partial charge in [-0.1, -0.05) is 133 Å². The van der Waals surface area contributed by atoms with E-state index in [0.717, 1.165) is 66.3 Å². The van der Waals surface area contributed by atoms with Crippen molar-refractivity contribution in [2.75, 3.05) is 9.80 Å². The molecule has 0 atom stereocenters. The molecule has 0 bridgehead atoms. The average Bonchev–Trinajstić information content (AvgIpc) is 4.06. The minimum atomic E-state index is 1.03. The summed E-state index contributed by atoms with van der Waals surface area (Å²) in [5, 5.41) is 2.07. The van der Waals surface area contributed by atoms with Crippen molar-refractivity contribution >= 4 is 77.2 Å². The maximum Gasteiger partial charge on any atom is 0.124 e. The van der Waals surface area contributed by atoms with Crippen LogP contribution in [0.1, 0.15) is 0 Å². The van der Waals surface area contributed by atoms with Crippen LogP contribution in [0.2, 0.25) is 0 Å². The summed E-state index contributed by atoms with van der Waals surface area (Å²) in [5.74, 6) is 0. The second-order valence-electron chi connectivity index (χ2n) is 16.7. The molecular weight excluding hydrogens is 865 g/mol. The minimum Gasteiger partial charge on any atom is -0.311 e. The zero-order valence-corrected chi connectivity index (χ0v) is 38.5. The molecule has 4 nitrogen and oxygen atoms in total. The monoisotopic (exact) mass is 906 g/mol. The predicted octanol–water partition coefficient (Wildman–Crippen LogP) is 18.2.